The van der Waals surface area contributed by atoms with Gasteiger partial charge in [-0.1, -0.05) is 87.5 Å². The van der Waals surface area contributed by atoms with Gasteiger partial charge >= 0.3 is 0 Å². The minimum absolute atomic E-state index is 0.0444. The van der Waals surface area contributed by atoms with E-state index in [1.54, 1.807) is 0 Å². The van der Waals surface area contributed by atoms with Crippen molar-refractivity contribution in [2.24, 2.45) is 0 Å². The smallest absolute Gasteiger partial charge is 0.192 e. The summed E-state index contributed by atoms with van der Waals surface area (Å²) in [6.07, 6.45) is 0.810. The molecule has 5 nitrogen and oxygen atoms in total. The van der Waals surface area contributed by atoms with Crippen LogP contribution in [-0.4, -0.2) is 45.4 Å². The molecular weight excluding hydrogens is 456 g/mol. The largest absolute Gasteiger partial charge is 0.408 e. The van der Waals surface area contributed by atoms with E-state index in [1.807, 2.05) is 54.6 Å². The zero-order valence-electron chi connectivity index (χ0n) is 21.7. The fourth-order valence-corrected chi connectivity index (χ4v) is 5.71. The Bertz CT molecular complexity index is 943. The normalized spacial score (nSPS) is 29.4. The Morgan fingerprint density at radius 2 is 1.63 bits per heavy atom. The van der Waals surface area contributed by atoms with Crippen molar-refractivity contribution in [2.45, 2.75) is 88.7 Å². The Labute approximate surface area is 211 Å². The third-order valence-electron chi connectivity index (χ3n) is 7.42. The van der Waals surface area contributed by atoms with Crippen LogP contribution in [0.15, 0.2) is 73.3 Å². The summed E-state index contributed by atoms with van der Waals surface area (Å²) in [4.78, 5) is 0. The first-order chi connectivity index (χ1) is 16.7. The molecule has 0 aliphatic carbocycles. The first-order valence-corrected chi connectivity index (χ1v) is 15.5. The van der Waals surface area contributed by atoms with Gasteiger partial charge in [0.1, 0.15) is 24.4 Å². The lowest BCUT2D eigenvalue weighted by Crippen LogP contribution is -2.65. The standard InChI is InChI=1S/C29H40O5Si/c1-7-14-23-25(30-19-21-15-10-8-11-16-21)27(34-35(5,6)29(2,3)4)26-24(32-23)20-31-28(33-26)22-17-12-9-13-18-22/h7-13,15-18,23-28H,1,14,19-20H2,2-6H3/t23-,24+,25+,26+,27+,28+/m0/s1. The first kappa shape index (κ1) is 26.3. The molecule has 0 N–H and O–H groups in total. The topological polar surface area (TPSA) is 46.2 Å². The molecule has 35 heavy (non-hydrogen) atoms. The van der Waals surface area contributed by atoms with E-state index in [0.29, 0.717) is 19.6 Å². The highest BCUT2D eigenvalue weighted by atomic mass is 28.4. The van der Waals surface area contributed by atoms with Crippen molar-refractivity contribution in [3.8, 4) is 0 Å². The predicted molar refractivity (Wildman–Crippen MR) is 141 cm³/mol. The molecule has 2 heterocycles. The van der Waals surface area contributed by atoms with Crippen molar-refractivity contribution >= 4 is 8.32 Å². The van der Waals surface area contributed by atoms with Gasteiger partial charge in [0, 0.05) is 5.56 Å². The van der Waals surface area contributed by atoms with Gasteiger partial charge in [-0.05, 0) is 30.1 Å². The minimum Gasteiger partial charge on any atom is -0.408 e. The van der Waals surface area contributed by atoms with Crippen LogP contribution in [0.4, 0.5) is 0 Å². The molecule has 0 radical (unpaired) electrons. The molecule has 2 saturated heterocycles. The molecule has 6 atom stereocenters. The average Bonchev–Trinajstić information content (AvgIpc) is 2.84. The molecule has 2 aliphatic heterocycles. The summed E-state index contributed by atoms with van der Waals surface area (Å²) in [5.41, 5.74) is 2.11. The Hall–Kier alpha value is -1.80. The lowest BCUT2D eigenvalue weighted by Gasteiger charge is -2.52. The number of benzene rings is 2. The molecule has 6 heteroatoms. The maximum Gasteiger partial charge on any atom is 0.192 e. The number of hydrogen-bond acceptors (Lipinski definition) is 5. The van der Waals surface area contributed by atoms with Crippen molar-refractivity contribution in [3.63, 3.8) is 0 Å². The van der Waals surface area contributed by atoms with Crippen LogP contribution in [0.1, 0.15) is 44.6 Å². The van der Waals surface area contributed by atoms with Crippen molar-refractivity contribution < 1.29 is 23.4 Å². The van der Waals surface area contributed by atoms with E-state index in [4.69, 9.17) is 23.4 Å². The number of hydrogen-bond donors (Lipinski definition) is 0. The van der Waals surface area contributed by atoms with E-state index in [-0.39, 0.29) is 35.6 Å². The fourth-order valence-electron chi connectivity index (χ4n) is 4.41. The summed E-state index contributed by atoms with van der Waals surface area (Å²) in [6.45, 7) is 16.2. The monoisotopic (exact) mass is 496 g/mol. The van der Waals surface area contributed by atoms with E-state index in [9.17, 15) is 0 Å². The van der Waals surface area contributed by atoms with Crippen LogP contribution in [0.5, 0.6) is 0 Å². The molecule has 0 saturated carbocycles. The third kappa shape index (κ3) is 6.13. The molecule has 0 spiro atoms. The zero-order valence-corrected chi connectivity index (χ0v) is 22.7. The van der Waals surface area contributed by atoms with Gasteiger partial charge in [-0.3, -0.25) is 0 Å². The average molecular weight is 497 g/mol. The molecule has 0 aromatic heterocycles. The maximum atomic E-state index is 7.09. The van der Waals surface area contributed by atoms with Crippen LogP contribution >= 0.6 is 0 Å². The van der Waals surface area contributed by atoms with Crippen LogP contribution in [0.3, 0.4) is 0 Å². The molecule has 2 aliphatic rings. The first-order valence-electron chi connectivity index (χ1n) is 12.6. The second-order valence-corrected chi connectivity index (χ2v) is 15.8. The van der Waals surface area contributed by atoms with Crippen LogP contribution < -0.4 is 0 Å². The Kier molecular flexibility index (Phi) is 8.31. The highest BCUT2D eigenvalue weighted by Gasteiger charge is 2.53. The summed E-state index contributed by atoms with van der Waals surface area (Å²) in [7, 11) is -2.15. The highest BCUT2D eigenvalue weighted by Crippen LogP contribution is 2.43. The van der Waals surface area contributed by atoms with E-state index in [2.05, 4.69) is 52.6 Å². The van der Waals surface area contributed by atoms with Gasteiger partial charge in [0.15, 0.2) is 14.6 Å². The lowest BCUT2D eigenvalue weighted by molar-refractivity contribution is -0.330. The molecule has 2 aromatic carbocycles. The molecule has 0 unspecified atom stereocenters. The van der Waals surface area contributed by atoms with E-state index in [0.717, 1.165) is 11.1 Å². The third-order valence-corrected chi connectivity index (χ3v) is 11.9. The van der Waals surface area contributed by atoms with Crippen molar-refractivity contribution in [1.29, 1.82) is 0 Å². The Balaban J connectivity index is 1.65. The summed E-state index contributed by atoms with van der Waals surface area (Å²) in [5.74, 6) is 0. The molecular formula is C29H40O5Si. The number of rotatable bonds is 8. The molecule has 0 bridgehead atoms. The lowest BCUT2D eigenvalue weighted by atomic mass is 9.92. The van der Waals surface area contributed by atoms with Crippen LogP contribution in [-0.2, 0) is 30.0 Å². The van der Waals surface area contributed by atoms with Gasteiger partial charge in [-0.25, -0.2) is 0 Å². The second kappa shape index (κ2) is 11.1. The van der Waals surface area contributed by atoms with Crippen molar-refractivity contribution in [3.05, 3.63) is 84.4 Å². The Morgan fingerprint density at radius 3 is 2.26 bits per heavy atom. The van der Waals surface area contributed by atoms with Crippen LogP contribution in [0.25, 0.3) is 0 Å². The minimum atomic E-state index is -2.15. The van der Waals surface area contributed by atoms with Gasteiger partial charge in [0.25, 0.3) is 0 Å². The van der Waals surface area contributed by atoms with Crippen LogP contribution in [0, 0.1) is 0 Å². The maximum absolute atomic E-state index is 7.09. The van der Waals surface area contributed by atoms with Crippen LogP contribution in [0.2, 0.25) is 18.1 Å². The SMILES string of the molecule is C=CC[C@@H]1O[C@@H]2CO[C@@H](c3ccccc3)O[C@H]2[C@H](O[Si](C)(C)C(C)(C)C)[C@@H]1OCc1ccccc1. The zero-order chi connectivity index (χ0) is 25.1. The van der Waals surface area contributed by atoms with Crippen molar-refractivity contribution in [1.82, 2.24) is 0 Å². The Morgan fingerprint density at radius 1 is 0.971 bits per heavy atom. The van der Waals surface area contributed by atoms with E-state index < -0.39 is 14.6 Å². The molecule has 2 fully saturated rings. The number of fused-ring (bicyclic) bond motifs is 1. The summed E-state index contributed by atoms with van der Waals surface area (Å²) in [5, 5.41) is 0.0444. The highest BCUT2D eigenvalue weighted by molar-refractivity contribution is 6.74. The summed E-state index contributed by atoms with van der Waals surface area (Å²) < 4.78 is 32.9. The summed E-state index contributed by atoms with van der Waals surface area (Å²) >= 11 is 0. The van der Waals surface area contributed by atoms with Gasteiger partial charge in [0.2, 0.25) is 0 Å². The van der Waals surface area contributed by atoms with Gasteiger partial charge < -0.3 is 23.4 Å². The second-order valence-electron chi connectivity index (χ2n) is 11.0. The van der Waals surface area contributed by atoms with Gasteiger partial charge in [-0.15, -0.1) is 6.58 Å². The van der Waals surface area contributed by atoms with Gasteiger partial charge in [0.05, 0.1) is 19.3 Å². The summed E-state index contributed by atoms with van der Waals surface area (Å²) in [6, 6.07) is 20.3. The molecule has 0 amide bonds. The predicted octanol–water partition coefficient (Wildman–Crippen LogP) is 6.42. The van der Waals surface area contributed by atoms with Crippen molar-refractivity contribution in [2.75, 3.05) is 6.61 Å². The van der Waals surface area contributed by atoms with E-state index >= 15 is 0 Å². The quantitative estimate of drug-likeness (QED) is 0.312. The van der Waals surface area contributed by atoms with E-state index in [1.165, 1.54) is 0 Å². The molecule has 4 rings (SSSR count). The van der Waals surface area contributed by atoms with Gasteiger partial charge in [-0.2, -0.15) is 0 Å². The number of ether oxygens (including phenoxy) is 4. The molecule has 2 aromatic rings. The fraction of sp³-hybridized carbons (Fsp3) is 0.517. The molecule has 190 valence electrons.